The number of aromatic hydroxyl groups is 1. The molecule has 1 amide bonds. The Bertz CT molecular complexity index is 700. The van der Waals surface area contributed by atoms with Gasteiger partial charge in [-0.25, -0.2) is 5.43 Å². The van der Waals surface area contributed by atoms with Crippen molar-refractivity contribution in [3.8, 4) is 5.75 Å². The standard InChI is InChI=1S/C12H10N4O4S/c17-10-2-1-7(5-8(10)16(19)20)11-13-14-12(18)9-6-21-4-3-15(9)11/h1-2,5-6,17H,3-4H2,(H,14,18). The zero-order valence-corrected chi connectivity index (χ0v) is 11.5. The van der Waals surface area contributed by atoms with Crippen molar-refractivity contribution in [1.29, 1.82) is 0 Å². The van der Waals surface area contributed by atoms with Gasteiger partial charge in [-0.2, -0.15) is 5.10 Å². The molecule has 0 fully saturated rings. The lowest BCUT2D eigenvalue weighted by atomic mass is 10.1. The summed E-state index contributed by atoms with van der Waals surface area (Å²) in [5.74, 6) is 0.494. The third-order valence-electron chi connectivity index (χ3n) is 3.10. The highest BCUT2D eigenvalue weighted by Gasteiger charge is 2.30. The van der Waals surface area contributed by atoms with Crippen LogP contribution in [0.4, 0.5) is 5.69 Å². The molecule has 0 radical (unpaired) electrons. The molecule has 0 saturated carbocycles. The average Bonchev–Trinajstić information content (AvgIpc) is 2.48. The number of phenolic OH excluding ortho intramolecular Hbond substituents is 1. The van der Waals surface area contributed by atoms with Crippen molar-refractivity contribution in [2.24, 2.45) is 5.10 Å². The maximum absolute atomic E-state index is 11.7. The summed E-state index contributed by atoms with van der Waals surface area (Å²) in [7, 11) is 0. The van der Waals surface area contributed by atoms with E-state index in [0.717, 1.165) is 5.75 Å². The highest BCUT2D eigenvalue weighted by molar-refractivity contribution is 8.02. The Balaban J connectivity index is 2.06. The van der Waals surface area contributed by atoms with Crippen LogP contribution in [0, 0.1) is 10.1 Å². The molecule has 2 aliphatic heterocycles. The first kappa shape index (κ1) is 13.4. The number of hydrazone groups is 1. The minimum absolute atomic E-state index is 0.306. The normalized spacial score (nSPS) is 17.5. The lowest BCUT2D eigenvalue weighted by molar-refractivity contribution is -0.385. The van der Waals surface area contributed by atoms with Crippen LogP contribution in [0.5, 0.6) is 5.75 Å². The molecular formula is C12H10N4O4S. The molecule has 2 aliphatic rings. The van der Waals surface area contributed by atoms with Gasteiger partial charge < -0.3 is 10.0 Å². The number of amides is 1. The number of hydrogen-bond donors (Lipinski definition) is 2. The van der Waals surface area contributed by atoms with Crippen molar-refractivity contribution in [3.05, 3.63) is 45.0 Å². The predicted molar refractivity (Wildman–Crippen MR) is 76.7 cm³/mol. The fourth-order valence-electron chi connectivity index (χ4n) is 2.11. The van der Waals surface area contributed by atoms with Gasteiger partial charge in [0.25, 0.3) is 5.91 Å². The van der Waals surface area contributed by atoms with Crippen molar-refractivity contribution in [3.63, 3.8) is 0 Å². The van der Waals surface area contributed by atoms with Crippen LogP contribution in [-0.4, -0.2) is 39.0 Å². The number of nitrogens with one attached hydrogen (secondary N) is 1. The van der Waals surface area contributed by atoms with E-state index >= 15 is 0 Å². The third-order valence-corrected chi connectivity index (χ3v) is 3.91. The van der Waals surface area contributed by atoms with Crippen LogP contribution in [-0.2, 0) is 4.79 Å². The highest BCUT2D eigenvalue weighted by Crippen LogP contribution is 2.29. The largest absolute Gasteiger partial charge is 0.502 e. The Kier molecular flexibility index (Phi) is 3.26. The van der Waals surface area contributed by atoms with Gasteiger partial charge in [-0.05, 0) is 12.1 Å². The summed E-state index contributed by atoms with van der Waals surface area (Å²) < 4.78 is 0. The molecule has 2 heterocycles. The lowest BCUT2D eigenvalue weighted by Crippen LogP contribution is -2.45. The van der Waals surface area contributed by atoms with E-state index in [1.807, 2.05) is 0 Å². The van der Waals surface area contributed by atoms with Crippen LogP contribution in [0.2, 0.25) is 0 Å². The molecule has 21 heavy (non-hydrogen) atoms. The first-order valence-electron chi connectivity index (χ1n) is 6.03. The smallest absolute Gasteiger partial charge is 0.311 e. The lowest BCUT2D eigenvalue weighted by Gasteiger charge is -2.32. The van der Waals surface area contributed by atoms with Gasteiger partial charge in [0, 0.05) is 29.3 Å². The van der Waals surface area contributed by atoms with Crippen molar-refractivity contribution in [1.82, 2.24) is 10.3 Å². The van der Waals surface area contributed by atoms with Gasteiger partial charge in [-0.3, -0.25) is 14.9 Å². The quantitative estimate of drug-likeness (QED) is 0.623. The molecule has 1 aromatic carbocycles. The second kappa shape index (κ2) is 5.09. The number of thioether (sulfide) groups is 1. The highest BCUT2D eigenvalue weighted by atomic mass is 32.2. The molecule has 108 valence electrons. The van der Waals surface area contributed by atoms with Gasteiger partial charge in [0.1, 0.15) is 5.70 Å². The Hall–Kier alpha value is -2.55. The van der Waals surface area contributed by atoms with E-state index in [0.29, 0.717) is 23.6 Å². The van der Waals surface area contributed by atoms with Gasteiger partial charge in [0.2, 0.25) is 0 Å². The Labute approximate surface area is 123 Å². The van der Waals surface area contributed by atoms with Gasteiger partial charge in [-0.1, -0.05) is 0 Å². The van der Waals surface area contributed by atoms with Crippen LogP contribution >= 0.6 is 11.8 Å². The summed E-state index contributed by atoms with van der Waals surface area (Å²) in [6.07, 6.45) is 0. The van der Waals surface area contributed by atoms with Crippen LogP contribution in [0.3, 0.4) is 0 Å². The maximum atomic E-state index is 11.7. The molecule has 1 aromatic rings. The first-order chi connectivity index (χ1) is 10.1. The summed E-state index contributed by atoms with van der Waals surface area (Å²) >= 11 is 1.52. The molecule has 3 rings (SSSR count). The van der Waals surface area contributed by atoms with Crippen LogP contribution in [0.1, 0.15) is 5.56 Å². The number of nitro groups is 1. The molecule has 0 spiro atoms. The zero-order valence-electron chi connectivity index (χ0n) is 10.6. The minimum atomic E-state index is -0.663. The molecule has 0 aliphatic carbocycles. The number of carbonyl (C=O) groups is 1. The van der Waals surface area contributed by atoms with Gasteiger partial charge in [0.15, 0.2) is 11.6 Å². The van der Waals surface area contributed by atoms with Crippen molar-refractivity contribution < 1.29 is 14.8 Å². The fourth-order valence-corrected chi connectivity index (χ4v) is 2.91. The number of nitro benzene ring substituents is 1. The van der Waals surface area contributed by atoms with Crippen LogP contribution in [0.15, 0.2) is 34.4 Å². The van der Waals surface area contributed by atoms with E-state index in [1.54, 1.807) is 10.3 Å². The number of fused-ring (bicyclic) bond motifs is 1. The molecular weight excluding hydrogens is 296 g/mol. The van der Waals surface area contributed by atoms with E-state index in [2.05, 4.69) is 10.5 Å². The topological polar surface area (TPSA) is 108 Å². The number of amidine groups is 1. The molecule has 0 atom stereocenters. The Morgan fingerprint density at radius 2 is 2.29 bits per heavy atom. The maximum Gasteiger partial charge on any atom is 0.311 e. The number of nitrogens with zero attached hydrogens (tertiary/aromatic N) is 3. The van der Waals surface area contributed by atoms with Crippen LogP contribution in [0.25, 0.3) is 0 Å². The molecule has 0 bridgehead atoms. The summed E-state index contributed by atoms with van der Waals surface area (Å²) in [4.78, 5) is 23.7. The molecule has 9 heteroatoms. The number of benzene rings is 1. The zero-order chi connectivity index (χ0) is 15.0. The SMILES string of the molecule is O=C1NN=C(c2ccc(O)c([N+](=O)[O-])c2)N2CCSC=C12. The summed E-state index contributed by atoms with van der Waals surface area (Å²) in [6, 6.07) is 4.01. The fraction of sp³-hybridized carbons (Fsp3) is 0.167. The van der Waals surface area contributed by atoms with E-state index in [4.69, 9.17) is 0 Å². The number of carbonyl (C=O) groups excluding carboxylic acids is 1. The third kappa shape index (κ3) is 2.31. The molecule has 2 N–H and O–H groups in total. The summed E-state index contributed by atoms with van der Waals surface area (Å²) in [6.45, 7) is 0.581. The van der Waals surface area contributed by atoms with E-state index in [9.17, 15) is 20.0 Å². The predicted octanol–water partition coefficient (Wildman–Crippen LogP) is 0.982. The summed E-state index contributed by atoms with van der Waals surface area (Å²) in [5.41, 5.74) is 2.91. The molecule has 0 aromatic heterocycles. The molecule has 0 unspecified atom stereocenters. The van der Waals surface area contributed by atoms with E-state index in [-0.39, 0.29) is 5.91 Å². The molecule has 0 saturated heterocycles. The minimum Gasteiger partial charge on any atom is -0.502 e. The van der Waals surface area contributed by atoms with Gasteiger partial charge >= 0.3 is 5.69 Å². The van der Waals surface area contributed by atoms with Gasteiger partial charge in [-0.15, -0.1) is 11.8 Å². The first-order valence-corrected chi connectivity index (χ1v) is 7.08. The van der Waals surface area contributed by atoms with Crippen molar-refractivity contribution in [2.45, 2.75) is 0 Å². The van der Waals surface area contributed by atoms with Crippen molar-refractivity contribution >= 4 is 29.2 Å². The van der Waals surface area contributed by atoms with Crippen molar-refractivity contribution in [2.75, 3.05) is 12.3 Å². The molecule has 8 nitrogen and oxygen atoms in total. The average molecular weight is 306 g/mol. The Morgan fingerprint density at radius 1 is 1.48 bits per heavy atom. The van der Waals surface area contributed by atoms with Gasteiger partial charge in [0.05, 0.1) is 4.92 Å². The van der Waals surface area contributed by atoms with E-state index < -0.39 is 16.4 Å². The second-order valence-electron chi connectivity index (χ2n) is 4.36. The summed E-state index contributed by atoms with van der Waals surface area (Å²) in [5, 5.41) is 26.1. The van der Waals surface area contributed by atoms with Crippen LogP contribution < -0.4 is 5.43 Å². The number of phenols is 1. The van der Waals surface area contributed by atoms with E-state index in [1.165, 1.54) is 30.0 Å². The number of hydrogen-bond acceptors (Lipinski definition) is 7. The Morgan fingerprint density at radius 3 is 3.05 bits per heavy atom. The second-order valence-corrected chi connectivity index (χ2v) is 5.34. The number of rotatable bonds is 2. The monoisotopic (exact) mass is 306 g/mol.